The van der Waals surface area contributed by atoms with Gasteiger partial charge in [0.05, 0.1) is 7.11 Å². The minimum atomic E-state index is -0.367. The molecule has 0 radical (unpaired) electrons. The van der Waals surface area contributed by atoms with Crippen LogP contribution < -0.4 is 4.74 Å². The Morgan fingerprint density at radius 3 is 2.32 bits per heavy atom. The Balaban J connectivity index is 1.94. The molecule has 0 fully saturated rings. The minimum Gasteiger partial charge on any atom is -0.497 e. The van der Waals surface area contributed by atoms with Crippen LogP contribution in [0, 0.1) is 5.92 Å². The molecule has 1 aliphatic heterocycles. The van der Waals surface area contributed by atoms with Gasteiger partial charge < -0.3 is 14.2 Å². The van der Waals surface area contributed by atoms with E-state index < -0.39 is 0 Å². The molecular formula is C21H22O4. The summed E-state index contributed by atoms with van der Waals surface area (Å²) in [6.45, 7) is 4.43. The van der Waals surface area contributed by atoms with Crippen LogP contribution in [0.4, 0.5) is 0 Å². The third kappa shape index (κ3) is 3.68. The molecule has 0 spiro atoms. The Kier molecular flexibility index (Phi) is 5.08. The first-order valence-corrected chi connectivity index (χ1v) is 8.36. The van der Waals surface area contributed by atoms with Crippen LogP contribution in [0.1, 0.15) is 25.0 Å². The lowest BCUT2D eigenvalue weighted by atomic mass is 10.00. The van der Waals surface area contributed by atoms with E-state index in [9.17, 15) is 4.79 Å². The van der Waals surface area contributed by atoms with Gasteiger partial charge in [0.15, 0.2) is 11.9 Å². The number of hydrogen-bond donors (Lipinski definition) is 0. The maximum atomic E-state index is 12.5. The molecule has 2 aromatic rings. The predicted molar refractivity (Wildman–Crippen MR) is 95.9 cm³/mol. The Labute approximate surface area is 148 Å². The van der Waals surface area contributed by atoms with E-state index >= 15 is 0 Å². The topological polar surface area (TPSA) is 44.8 Å². The molecule has 2 aromatic carbocycles. The van der Waals surface area contributed by atoms with Gasteiger partial charge in [-0.25, -0.2) is 4.79 Å². The fourth-order valence-corrected chi connectivity index (χ4v) is 2.82. The summed E-state index contributed by atoms with van der Waals surface area (Å²) in [5.41, 5.74) is 2.32. The summed E-state index contributed by atoms with van der Waals surface area (Å²) in [6.07, 6.45) is -0.367. The van der Waals surface area contributed by atoms with E-state index in [0.29, 0.717) is 17.9 Å². The SMILES string of the molecule is COc1ccc(C2=C(OCc3ccccc3)[C@H](C(C)C)OC2=O)cc1. The lowest BCUT2D eigenvalue weighted by molar-refractivity contribution is -0.140. The van der Waals surface area contributed by atoms with Gasteiger partial charge >= 0.3 is 5.97 Å². The van der Waals surface area contributed by atoms with E-state index in [-0.39, 0.29) is 18.0 Å². The van der Waals surface area contributed by atoms with E-state index in [4.69, 9.17) is 14.2 Å². The van der Waals surface area contributed by atoms with Crippen LogP contribution in [-0.2, 0) is 20.9 Å². The summed E-state index contributed by atoms with van der Waals surface area (Å²) in [7, 11) is 1.61. The Morgan fingerprint density at radius 2 is 1.72 bits per heavy atom. The summed E-state index contributed by atoms with van der Waals surface area (Å²) >= 11 is 0. The standard InChI is InChI=1S/C21H22O4/c1-14(2)19-20(24-13-15-7-5-4-6-8-15)18(21(22)25-19)16-9-11-17(23-3)12-10-16/h4-12,14,19H,13H2,1-3H3/t19-/m0/s1. The molecule has 4 nitrogen and oxygen atoms in total. The molecular weight excluding hydrogens is 316 g/mol. The van der Waals surface area contributed by atoms with Crippen molar-refractivity contribution in [2.24, 2.45) is 5.92 Å². The molecule has 25 heavy (non-hydrogen) atoms. The second-order valence-corrected chi connectivity index (χ2v) is 6.31. The van der Waals surface area contributed by atoms with Gasteiger partial charge in [0, 0.05) is 0 Å². The number of rotatable bonds is 6. The molecule has 1 atom stereocenters. The van der Waals surface area contributed by atoms with Gasteiger partial charge in [-0.2, -0.15) is 0 Å². The van der Waals surface area contributed by atoms with Crippen molar-refractivity contribution in [2.75, 3.05) is 7.11 Å². The molecule has 0 aromatic heterocycles. The van der Waals surface area contributed by atoms with Crippen LogP contribution in [0.5, 0.6) is 5.75 Å². The average Bonchev–Trinajstić information content (AvgIpc) is 2.97. The van der Waals surface area contributed by atoms with Gasteiger partial charge in [0.25, 0.3) is 0 Å². The second-order valence-electron chi connectivity index (χ2n) is 6.31. The molecule has 0 N–H and O–H groups in total. The average molecular weight is 338 g/mol. The van der Waals surface area contributed by atoms with Crippen molar-refractivity contribution in [2.45, 2.75) is 26.6 Å². The zero-order valence-corrected chi connectivity index (χ0v) is 14.7. The highest BCUT2D eigenvalue weighted by Crippen LogP contribution is 2.35. The van der Waals surface area contributed by atoms with Crippen molar-refractivity contribution >= 4 is 11.5 Å². The summed E-state index contributed by atoms with van der Waals surface area (Å²) in [4.78, 5) is 12.5. The van der Waals surface area contributed by atoms with Crippen LogP contribution in [-0.4, -0.2) is 19.2 Å². The largest absolute Gasteiger partial charge is 0.497 e. The maximum Gasteiger partial charge on any atom is 0.343 e. The quantitative estimate of drug-likeness (QED) is 0.740. The van der Waals surface area contributed by atoms with Gasteiger partial charge in [-0.1, -0.05) is 56.3 Å². The maximum absolute atomic E-state index is 12.5. The Morgan fingerprint density at radius 1 is 1.04 bits per heavy atom. The molecule has 3 rings (SSSR count). The number of hydrogen-bond acceptors (Lipinski definition) is 4. The van der Waals surface area contributed by atoms with Crippen molar-refractivity contribution in [3.05, 3.63) is 71.5 Å². The minimum absolute atomic E-state index is 0.130. The zero-order valence-electron chi connectivity index (χ0n) is 14.7. The number of methoxy groups -OCH3 is 1. The Hall–Kier alpha value is -2.75. The third-order valence-electron chi connectivity index (χ3n) is 4.16. The molecule has 4 heteroatoms. The van der Waals surface area contributed by atoms with E-state index in [1.807, 2.05) is 68.4 Å². The first-order valence-electron chi connectivity index (χ1n) is 8.36. The highest BCUT2D eigenvalue weighted by atomic mass is 16.6. The van der Waals surface area contributed by atoms with Gasteiger partial charge in [-0.15, -0.1) is 0 Å². The van der Waals surface area contributed by atoms with Crippen LogP contribution in [0.15, 0.2) is 60.4 Å². The van der Waals surface area contributed by atoms with Gasteiger partial charge in [-0.3, -0.25) is 0 Å². The van der Waals surface area contributed by atoms with E-state index in [1.54, 1.807) is 7.11 Å². The molecule has 0 bridgehead atoms. The zero-order chi connectivity index (χ0) is 17.8. The van der Waals surface area contributed by atoms with Gasteiger partial charge in [-0.05, 0) is 29.2 Å². The highest BCUT2D eigenvalue weighted by molar-refractivity contribution is 6.19. The van der Waals surface area contributed by atoms with Crippen molar-refractivity contribution < 1.29 is 19.0 Å². The second kappa shape index (κ2) is 7.43. The first-order chi connectivity index (χ1) is 12.1. The number of cyclic esters (lactones) is 1. The monoisotopic (exact) mass is 338 g/mol. The van der Waals surface area contributed by atoms with Crippen molar-refractivity contribution in [3.8, 4) is 5.75 Å². The van der Waals surface area contributed by atoms with Crippen LogP contribution in [0.25, 0.3) is 5.57 Å². The normalized spacial score (nSPS) is 17.0. The summed E-state index contributed by atoms with van der Waals surface area (Å²) in [5, 5.41) is 0. The number of ether oxygens (including phenoxy) is 3. The number of benzene rings is 2. The van der Waals surface area contributed by atoms with Crippen molar-refractivity contribution in [1.82, 2.24) is 0 Å². The molecule has 0 saturated heterocycles. The van der Waals surface area contributed by atoms with Crippen LogP contribution in [0.2, 0.25) is 0 Å². The van der Waals surface area contributed by atoms with Crippen molar-refractivity contribution in [1.29, 1.82) is 0 Å². The fourth-order valence-electron chi connectivity index (χ4n) is 2.82. The molecule has 0 aliphatic carbocycles. The smallest absolute Gasteiger partial charge is 0.343 e. The molecule has 0 unspecified atom stereocenters. The molecule has 0 amide bonds. The summed E-state index contributed by atoms with van der Waals surface area (Å²) < 4.78 is 16.8. The van der Waals surface area contributed by atoms with Crippen molar-refractivity contribution in [3.63, 3.8) is 0 Å². The molecule has 1 heterocycles. The Bertz CT molecular complexity index is 760. The predicted octanol–water partition coefficient (Wildman–Crippen LogP) is 4.20. The first kappa shape index (κ1) is 17.1. The van der Waals surface area contributed by atoms with Crippen LogP contribution in [0.3, 0.4) is 0 Å². The lowest BCUT2D eigenvalue weighted by Gasteiger charge is -2.18. The highest BCUT2D eigenvalue weighted by Gasteiger charge is 2.38. The fraction of sp³-hybridized carbons (Fsp3) is 0.286. The molecule has 130 valence electrons. The van der Waals surface area contributed by atoms with Gasteiger partial charge in [0.2, 0.25) is 0 Å². The van der Waals surface area contributed by atoms with Gasteiger partial charge in [0.1, 0.15) is 17.9 Å². The number of esters is 1. The van der Waals surface area contributed by atoms with Crippen LogP contribution >= 0.6 is 0 Å². The number of carbonyl (C=O) groups is 1. The number of carbonyl (C=O) groups excluding carboxylic acids is 1. The molecule has 1 aliphatic rings. The lowest BCUT2D eigenvalue weighted by Crippen LogP contribution is -2.20. The van der Waals surface area contributed by atoms with E-state index in [2.05, 4.69) is 0 Å². The summed E-state index contributed by atoms with van der Waals surface area (Å²) in [5.74, 6) is 1.13. The third-order valence-corrected chi connectivity index (χ3v) is 4.16. The van der Waals surface area contributed by atoms with E-state index in [1.165, 1.54) is 0 Å². The summed E-state index contributed by atoms with van der Waals surface area (Å²) in [6, 6.07) is 17.2. The molecule has 0 saturated carbocycles. The van der Waals surface area contributed by atoms with E-state index in [0.717, 1.165) is 16.9 Å².